The van der Waals surface area contributed by atoms with Crippen molar-refractivity contribution in [3.63, 3.8) is 0 Å². The van der Waals surface area contributed by atoms with Crippen LogP contribution in [-0.4, -0.2) is 12.6 Å². The second-order valence-electron chi connectivity index (χ2n) is 5.12. The lowest BCUT2D eigenvalue weighted by molar-refractivity contribution is 0.478. The fraction of sp³-hybridized carbons (Fsp3) is 0.412. The molecule has 0 radical (unpaired) electrons. The summed E-state index contributed by atoms with van der Waals surface area (Å²) in [5.74, 6) is 0. The van der Waals surface area contributed by atoms with Crippen LogP contribution in [0.1, 0.15) is 30.9 Å². The first-order chi connectivity index (χ1) is 9.79. The first-order valence-corrected chi connectivity index (χ1v) is 8.59. The van der Waals surface area contributed by atoms with Crippen LogP contribution in [0.4, 0.5) is 0 Å². The van der Waals surface area contributed by atoms with E-state index in [0.717, 1.165) is 37.3 Å². The molecular formula is C17H22ClNS. The topological polar surface area (TPSA) is 12.0 Å². The molecule has 0 spiro atoms. The Kier molecular flexibility index (Phi) is 6.58. The molecule has 1 nitrogen and oxygen atoms in total. The number of thiophene rings is 1. The van der Waals surface area contributed by atoms with Crippen molar-refractivity contribution >= 4 is 22.9 Å². The van der Waals surface area contributed by atoms with E-state index in [1.807, 2.05) is 12.1 Å². The van der Waals surface area contributed by atoms with Gasteiger partial charge in [0.1, 0.15) is 0 Å². The highest BCUT2D eigenvalue weighted by Gasteiger charge is 2.11. The molecule has 0 fully saturated rings. The van der Waals surface area contributed by atoms with Crippen molar-refractivity contribution in [1.82, 2.24) is 5.32 Å². The van der Waals surface area contributed by atoms with Crippen LogP contribution in [0.5, 0.6) is 0 Å². The Labute approximate surface area is 131 Å². The molecule has 1 heterocycles. The zero-order valence-corrected chi connectivity index (χ0v) is 13.5. The van der Waals surface area contributed by atoms with Crippen LogP contribution < -0.4 is 5.32 Å². The maximum absolute atomic E-state index is 6.28. The van der Waals surface area contributed by atoms with E-state index < -0.39 is 0 Å². The smallest absolute Gasteiger partial charge is 0.0438 e. The maximum Gasteiger partial charge on any atom is 0.0438 e. The number of halogens is 1. The third kappa shape index (κ3) is 4.93. The number of nitrogens with one attached hydrogen (secondary N) is 1. The average Bonchev–Trinajstić information content (AvgIpc) is 2.97. The van der Waals surface area contributed by atoms with Crippen molar-refractivity contribution in [3.05, 3.63) is 57.2 Å². The molecule has 0 aliphatic carbocycles. The molecule has 1 aromatic heterocycles. The highest BCUT2D eigenvalue weighted by Crippen LogP contribution is 2.19. The van der Waals surface area contributed by atoms with Crippen molar-refractivity contribution in [2.75, 3.05) is 6.54 Å². The number of rotatable bonds is 8. The summed E-state index contributed by atoms with van der Waals surface area (Å²) in [6.07, 6.45) is 4.46. The predicted molar refractivity (Wildman–Crippen MR) is 89.9 cm³/mol. The molecular weight excluding hydrogens is 286 g/mol. The second-order valence-corrected chi connectivity index (χ2v) is 6.30. The van der Waals surface area contributed by atoms with E-state index in [9.17, 15) is 0 Å². The van der Waals surface area contributed by atoms with Crippen molar-refractivity contribution in [2.24, 2.45) is 0 Å². The predicted octanol–water partition coefficient (Wildman–Crippen LogP) is 4.95. The molecule has 0 saturated heterocycles. The second kappa shape index (κ2) is 8.46. The molecule has 3 heteroatoms. The summed E-state index contributed by atoms with van der Waals surface area (Å²) >= 11 is 8.05. The van der Waals surface area contributed by atoms with Crippen LogP contribution in [0.3, 0.4) is 0 Å². The van der Waals surface area contributed by atoms with Gasteiger partial charge in [-0.25, -0.2) is 0 Å². The minimum Gasteiger partial charge on any atom is -0.314 e. The third-order valence-electron chi connectivity index (χ3n) is 3.47. The largest absolute Gasteiger partial charge is 0.314 e. The molecule has 0 aliphatic rings. The van der Waals surface area contributed by atoms with E-state index in [0.29, 0.717) is 6.04 Å². The Balaban J connectivity index is 1.94. The third-order valence-corrected chi connectivity index (χ3v) is 4.57. The first kappa shape index (κ1) is 15.6. The van der Waals surface area contributed by atoms with Gasteiger partial charge in [-0.15, -0.1) is 0 Å². The monoisotopic (exact) mass is 307 g/mol. The van der Waals surface area contributed by atoms with Crippen LogP contribution in [-0.2, 0) is 12.8 Å². The van der Waals surface area contributed by atoms with E-state index in [1.165, 1.54) is 11.1 Å². The Morgan fingerprint density at radius 2 is 2.10 bits per heavy atom. The lowest BCUT2D eigenvalue weighted by Gasteiger charge is -2.19. The zero-order valence-electron chi connectivity index (χ0n) is 11.9. The summed E-state index contributed by atoms with van der Waals surface area (Å²) < 4.78 is 0. The van der Waals surface area contributed by atoms with Gasteiger partial charge in [0, 0.05) is 11.1 Å². The zero-order chi connectivity index (χ0) is 14.2. The van der Waals surface area contributed by atoms with Gasteiger partial charge in [0.05, 0.1) is 0 Å². The summed E-state index contributed by atoms with van der Waals surface area (Å²) in [5.41, 5.74) is 2.69. The standard InChI is InChI=1S/C17H22ClNS/c1-2-10-19-16(8-7-14-9-11-20-13-14)12-15-5-3-4-6-17(15)18/h3-6,9,11,13,16,19H,2,7-8,10,12H2,1H3. The molecule has 0 saturated carbocycles. The Bertz CT molecular complexity index is 495. The van der Waals surface area contributed by atoms with Crippen LogP contribution in [0.15, 0.2) is 41.1 Å². The van der Waals surface area contributed by atoms with Crippen molar-refractivity contribution in [2.45, 2.75) is 38.6 Å². The molecule has 1 aromatic carbocycles. The SMILES string of the molecule is CCCNC(CCc1ccsc1)Cc1ccccc1Cl. The first-order valence-electron chi connectivity index (χ1n) is 7.27. The molecule has 0 aliphatic heterocycles. The Morgan fingerprint density at radius 3 is 2.80 bits per heavy atom. The van der Waals surface area contributed by atoms with E-state index >= 15 is 0 Å². The number of hydrogen-bond donors (Lipinski definition) is 1. The van der Waals surface area contributed by atoms with E-state index in [-0.39, 0.29) is 0 Å². The molecule has 1 atom stereocenters. The minimum absolute atomic E-state index is 0.495. The fourth-order valence-corrected chi connectivity index (χ4v) is 3.25. The summed E-state index contributed by atoms with van der Waals surface area (Å²) in [7, 11) is 0. The quantitative estimate of drug-likeness (QED) is 0.728. The summed E-state index contributed by atoms with van der Waals surface area (Å²) in [6.45, 7) is 3.27. The van der Waals surface area contributed by atoms with Gasteiger partial charge >= 0.3 is 0 Å². The summed E-state index contributed by atoms with van der Waals surface area (Å²) in [4.78, 5) is 0. The van der Waals surface area contributed by atoms with E-state index in [1.54, 1.807) is 11.3 Å². The number of benzene rings is 1. The Morgan fingerprint density at radius 1 is 1.25 bits per heavy atom. The van der Waals surface area contributed by atoms with E-state index in [4.69, 9.17) is 11.6 Å². The Hall–Kier alpha value is -0.830. The van der Waals surface area contributed by atoms with Crippen LogP contribution >= 0.6 is 22.9 Å². The molecule has 2 aromatic rings. The normalized spacial score (nSPS) is 12.5. The minimum atomic E-state index is 0.495. The average molecular weight is 308 g/mol. The number of hydrogen-bond acceptors (Lipinski definition) is 2. The summed E-state index contributed by atoms with van der Waals surface area (Å²) in [6, 6.07) is 10.9. The van der Waals surface area contributed by atoms with Gasteiger partial charge < -0.3 is 5.32 Å². The molecule has 20 heavy (non-hydrogen) atoms. The van der Waals surface area contributed by atoms with Crippen LogP contribution in [0.25, 0.3) is 0 Å². The molecule has 0 bridgehead atoms. The maximum atomic E-state index is 6.28. The molecule has 108 valence electrons. The lowest BCUT2D eigenvalue weighted by atomic mass is 10.00. The van der Waals surface area contributed by atoms with Gasteiger partial charge in [-0.05, 0) is 66.2 Å². The molecule has 1 unspecified atom stereocenters. The van der Waals surface area contributed by atoms with Crippen LogP contribution in [0.2, 0.25) is 5.02 Å². The molecule has 1 N–H and O–H groups in total. The van der Waals surface area contributed by atoms with Crippen molar-refractivity contribution in [3.8, 4) is 0 Å². The van der Waals surface area contributed by atoms with E-state index in [2.05, 4.69) is 41.2 Å². The van der Waals surface area contributed by atoms with Gasteiger partial charge in [-0.2, -0.15) is 11.3 Å². The van der Waals surface area contributed by atoms with Crippen molar-refractivity contribution in [1.29, 1.82) is 0 Å². The van der Waals surface area contributed by atoms with Crippen LogP contribution in [0, 0.1) is 0 Å². The van der Waals surface area contributed by atoms with Gasteiger partial charge in [-0.3, -0.25) is 0 Å². The lowest BCUT2D eigenvalue weighted by Crippen LogP contribution is -2.32. The fourth-order valence-electron chi connectivity index (χ4n) is 2.33. The van der Waals surface area contributed by atoms with Gasteiger partial charge in [0.25, 0.3) is 0 Å². The van der Waals surface area contributed by atoms with Gasteiger partial charge in [0.2, 0.25) is 0 Å². The number of aryl methyl sites for hydroxylation is 1. The highest BCUT2D eigenvalue weighted by molar-refractivity contribution is 7.07. The van der Waals surface area contributed by atoms with Crippen molar-refractivity contribution < 1.29 is 0 Å². The van der Waals surface area contributed by atoms with Gasteiger partial charge in [-0.1, -0.05) is 36.7 Å². The van der Waals surface area contributed by atoms with Gasteiger partial charge in [0.15, 0.2) is 0 Å². The summed E-state index contributed by atoms with van der Waals surface area (Å²) in [5, 5.41) is 8.93. The highest BCUT2D eigenvalue weighted by atomic mass is 35.5. The molecule has 0 amide bonds. The molecule has 2 rings (SSSR count).